The van der Waals surface area contributed by atoms with E-state index < -0.39 is 11.8 Å². The third-order valence-electron chi connectivity index (χ3n) is 6.62. The fraction of sp³-hybridized carbons (Fsp3) is 0.500. The molecule has 4 nitrogen and oxygen atoms in total. The number of hydrogen-bond donors (Lipinski definition) is 1. The Labute approximate surface area is 180 Å². The average Bonchev–Trinajstić information content (AvgIpc) is 3.59. The summed E-state index contributed by atoms with van der Waals surface area (Å²) in [6, 6.07) is 11.5. The second-order valence-corrected chi connectivity index (χ2v) is 8.85. The molecule has 166 valence electrons. The molecule has 1 aromatic heterocycles. The number of alkyl halides is 3. The van der Waals surface area contributed by atoms with Gasteiger partial charge in [0.15, 0.2) is 5.60 Å². The lowest BCUT2D eigenvalue weighted by Crippen LogP contribution is -2.44. The molecule has 2 saturated carbocycles. The van der Waals surface area contributed by atoms with Crippen molar-refractivity contribution in [3.63, 3.8) is 0 Å². The van der Waals surface area contributed by atoms with Gasteiger partial charge in [0.1, 0.15) is 0 Å². The molecule has 31 heavy (non-hydrogen) atoms. The van der Waals surface area contributed by atoms with Gasteiger partial charge in [0.25, 0.3) is 5.91 Å². The second-order valence-electron chi connectivity index (χ2n) is 8.85. The summed E-state index contributed by atoms with van der Waals surface area (Å²) in [6.45, 7) is 0.723. The predicted molar refractivity (Wildman–Crippen MR) is 110 cm³/mol. The number of rotatable bonds is 5. The topological polar surface area (TPSA) is 53.4 Å². The molecular formula is C24H27F3N2O2. The number of hydrogen-bond acceptors (Lipinski definition) is 3. The van der Waals surface area contributed by atoms with E-state index in [1.165, 1.54) is 24.3 Å². The van der Waals surface area contributed by atoms with Gasteiger partial charge < -0.3 is 10.0 Å². The van der Waals surface area contributed by atoms with Gasteiger partial charge in [-0.3, -0.25) is 9.78 Å². The normalized spacial score (nSPS) is 23.8. The number of nitrogens with zero attached hydrogens (tertiary/aromatic N) is 2. The Hall–Kier alpha value is -2.41. The number of aromatic nitrogens is 1. The largest absolute Gasteiger partial charge is 0.421 e. The first-order valence-electron chi connectivity index (χ1n) is 10.8. The summed E-state index contributed by atoms with van der Waals surface area (Å²) in [5, 5.41) is 9.86. The van der Waals surface area contributed by atoms with Crippen molar-refractivity contribution in [1.29, 1.82) is 0 Å². The van der Waals surface area contributed by atoms with Gasteiger partial charge in [-0.15, -0.1) is 0 Å². The van der Waals surface area contributed by atoms with E-state index in [9.17, 15) is 23.1 Å². The van der Waals surface area contributed by atoms with Crippen molar-refractivity contribution in [3.05, 3.63) is 65.5 Å². The average molecular weight is 432 g/mol. The van der Waals surface area contributed by atoms with E-state index >= 15 is 0 Å². The van der Waals surface area contributed by atoms with Gasteiger partial charge in [-0.1, -0.05) is 18.2 Å². The minimum absolute atomic E-state index is 0.137. The number of halogens is 3. The molecule has 0 bridgehead atoms. The molecule has 2 fully saturated rings. The van der Waals surface area contributed by atoms with Crippen molar-refractivity contribution in [2.24, 2.45) is 0 Å². The summed E-state index contributed by atoms with van der Waals surface area (Å²) in [6.07, 6.45) is 2.66. The summed E-state index contributed by atoms with van der Waals surface area (Å²) in [5.41, 5.74) is -1.77. The Morgan fingerprint density at radius 3 is 2.03 bits per heavy atom. The highest BCUT2D eigenvalue weighted by Crippen LogP contribution is 2.40. The number of amides is 1. The maximum absolute atomic E-state index is 13.3. The zero-order valence-corrected chi connectivity index (χ0v) is 17.5. The molecular weight excluding hydrogens is 405 g/mol. The zero-order valence-electron chi connectivity index (χ0n) is 17.5. The predicted octanol–water partition coefficient (Wildman–Crippen LogP) is 5.18. The summed E-state index contributed by atoms with van der Waals surface area (Å²) in [5.74, 6) is 0.263. The van der Waals surface area contributed by atoms with E-state index in [4.69, 9.17) is 0 Å². The van der Waals surface area contributed by atoms with E-state index in [1.807, 2.05) is 23.1 Å². The van der Waals surface area contributed by atoms with Crippen molar-refractivity contribution in [3.8, 4) is 0 Å². The lowest BCUT2D eigenvalue weighted by atomic mass is 9.83. The molecule has 1 heterocycles. The Morgan fingerprint density at radius 1 is 0.968 bits per heavy atom. The van der Waals surface area contributed by atoms with Crippen LogP contribution in [0, 0.1) is 0 Å². The molecule has 0 spiro atoms. The van der Waals surface area contributed by atoms with Crippen LogP contribution in [0.15, 0.2) is 48.7 Å². The molecule has 2 aromatic rings. The smallest absolute Gasteiger partial charge is 0.376 e. The lowest BCUT2D eigenvalue weighted by Gasteiger charge is -2.37. The summed E-state index contributed by atoms with van der Waals surface area (Å²) in [4.78, 5) is 19.7. The summed E-state index contributed by atoms with van der Waals surface area (Å²) >= 11 is 0. The second kappa shape index (κ2) is 8.26. The molecule has 0 radical (unpaired) electrons. The van der Waals surface area contributed by atoms with Crippen molar-refractivity contribution in [2.75, 3.05) is 0 Å². The van der Waals surface area contributed by atoms with Crippen LogP contribution in [0.25, 0.3) is 0 Å². The van der Waals surface area contributed by atoms with Crippen LogP contribution in [0.4, 0.5) is 13.2 Å². The van der Waals surface area contributed by atoms with E-state index in [-0.39, 0.29) is 23.6 Å². The Morgan fingerprint density at radius 2 is 1.55 bits per heavy atom. The molecule has 1 aromatic carbocycles. The van der Waals surface area contributed by atoms with E-state index in [0.717, 1.165) is 51.1 Å². The zero-order chi connectivity index (χ0) is 22.2. The number of benzene rings is 1. The molecule has 2 aliphatic rings. The van der Waals surface area contributed by atoms with Gasteiger partial charge in [0, 0.05) is 35.5 Å². The number of carbonyl (C=O) groups excluding carboxylic acids is 1. The van der Waals surface area contributed by atoms with Gasteiger partial charge in [0.05, 0.1) is 0 Å². The van der Waals surface area contributed by atoms with Gasteiger partial charge in [0.2, 0.25) is 0 Å². The van der Waals surface area contributed by atoms with Crippen LogP contribution in [0.2, 0.25) is 0 Å². The minimum Gasteiger partial charge on any atom is -0.376 e. The molecule has 1 amide bonds. The first kappa shape index (κ1) is 21.8. The van der Waals surface area contributed by atoms with E-state index in [0.29, 0.717) is 11.5 Å². The Balaban J connectivity index is 1.46. The summed E-state index contributed by atoms with van der Waals surface area (Å²) < 4.78 is 39.3. The molecule has 0 saturated heterocycles. The van der Waals surface area contributed by atoms with E-state index in [2.05, 4.69) is 4.98 Å². The molecule has 4 rings (SSSR count). The molecule has 1 N–H and O–H groups in total. The Kier molecular flexibility index (Phi) is 5.81. The first-order valence-corrected chi connectivity index (χ1v) is 10.8. The van der Waals surface area contributed by atoms with Crippen LogP contribution in [-0.4, -0.2) is 39.2 Å². The highest BCUT2D eigenvalue weighted by molar-refractivity contribution is 5.95. The van der Waals surface area contributed by atoms with Gasteiger partial charge >= 0.3 is 6.18 Å². The van der Waals surface area contributed by atoms with Crippen LogP contribution in [0.3, 0.4) is 0 Å². The SMILES string of the molecule is C[C@](O)(c1ccc(C(=O)N(C2CCC(c3ccccn3)CC2)C2CC2)cc1)C(F)(F)F. The van der Waals surface area contributed by atoms with Crippen LogP contribution in [0.1, 0.15) is 73.0 Å². The quantitative estimate of drug-likeness (QED) is 0.708. The fourth-order valence-electron chi connectivity index (χ4n) is 4.50. The van der Waals surface area contributed by atoms with Crippen LogP contribution < -0.4 is 0 Å². The van der Waals surface area contributed by atoms with Crippen LogP contribution >= 0.6 is 0 Å². The third kappa shape index (κ3) is 4.47. The minimum atomic E-state index is -4.79. The van der Waals surface area contributed by atoms with Crippen LogP contribution in [-0.2, 0) is 5.60 Å². The monoisotopic (exact) mass is 432 g/mol. The van der Waals surface area contributed by atoms with Gasteiger partial charge in [-0.25, -0.2) is 0 Å². The van der Waals surface area contributed by atoms with Gasteiger partial charge in [-0.2, -0.15) is 13.2 Å². The number of carbonyl (C=O) groups is 1. The maximum Gasteiger partial charge on any atom is 0.421 e. The highest BCUT2D eigenvalue weighted by atomic mass is 19.4. The molecule has 1 atom stereocenters. The van der Waals surface area contributed by atoms with Crippen molar-refractivity contribution >= 4 is 5.91 Å². The lowest BCUT2D eigenvalue weighted by molar-refractivity contribution is -0.258. The van der Waals surface area contributed by atoms with Crippen LogP contribution in [0.5, 0.6) is 0 Å². The highest BCUT2D eigenvalue weighted by Gasteiger charge is 2.51. The number of aliphatic hydroxyl groups is 1. The first-order chi connectivity index (χ1) is 14.7. The number of pyridine rings is 1. The molecule has 2 aliphatic carbocycles. The van der Waals surface area contributed by atoms with Crippen molar-refractivity contribution in [2.45, 2.75) is 75.2 Å². The maximum atomic E-state index is 13.3. The summed E-state index contributed by atoms with van der Waals surface area (Å²) in [7, 11) is 0. The van der Waals surface area contributed by atoms with E-state index in [1.54, 1.807) is 6.20 Å². The molecule has 0 unspecified atom stereocenters. The standard InChI is InChI=1S/C24H27F3N2O2/c1-23(31,24(25,26)27)18-9-5-17(6-10-18)22(30)29(20-13-14-20)19-11-7-16(8-12-19)21-4-2-3-15-28-21/h2-6,9-10,15-16,19-20,31H,7-8,11-14H2,1H3/t16?,19?,23-/m0/s1. The molecule has 7 heteroatoms. The fourth-order valence-corrected chi connectivity index (χ4v) is 4.50. The van der Waals surface area contributed by atoms with Gasteiger partial charge in [-0.05, 0) is 75.3 Å². The molecule has 0 aliphatic heterocycles. The Bertz CT molecular complexity index is 901. The van der Waals surface area contributed by atoms with Crippen molar-refractivity contribution in [1.82, 2.24) is 9.88 Å². The van der Waals surface area contributed by atoms with Crippen molar-refractivity contribution < 1.29 is 23.1 Å². The third-order valence-corrected chi connectivity index (χ3v) is 6.62.